The third-order valence-electron chi connectivity index (χ3n) is 2.42. The van der Waals surface area contributed by atoms with Crippen LogP contribution in [0.3, 0.4) is 0 Å². The van der Waals surface area contributed by atoms with Gasteiger partial charge in [-0.3, -0.25) is 4.90 Å². The maximum absolute atomic E-state index is 10.8. The first-order valence-electron chi connectivity index (χ1n) is 4.61. The Morgan fingerprint density at radius 1 is 1.44 bits per heavy atom. The summed E-state index contributed by atoms with van der Waals surface area (Å²) < 4.78 is 1.59. The number of rotatable bonds is 0. The molecule has 0 unspecified atom stereocenters. The summed E-state index contributed by atoms with van der Waals surface area (Å²) in [6.07, 6.45) is 5.25. The van der Waals surface area contributed by atoms with Crippen LogP contribution in [0.15, 0.2) is 18.7 Å². The maximum Gasteiger partial charge on any atom is 0.411 e. The minimum atomic E-state index is -0.986. The largest absolute Gasteiger partial charge is 0.465 e. The van der Waals surface area contributed by atoms with Crippen LogP contribution >= 0.6 is 0 Å². The van der Waals surface area contributed by atoms with Gasteiger partial charge in [0, 0.05) is 18.0 Å². The highest BCUT2D eigenvalue weighted by Crippen LogP contribution is 2.18. The Balaban J connectivity index is 2.16. The molecule has 0 radical (unpaired) electrons. The van der Waals surface area contributed by atoms with Gasteiger partial charge in [0.25, 0.3) is 5.78 Å². The summed E-state index contributed by atoms with van der Waals surface area (Å²) >= 11 is 0. The van der Waals surface area contributed by atoms with Gasteiger partial charge in [0.1, 0.15) is 6.33 Å². The van der Waals surface area contributed by atoms with Gasteiger partial charge >= 0.3 is 6.09 Å². The van der Waals surface area contributed by atoms with E-state index in [-0.39, 0.29) is 6.54 Å². The molecular weight excluding hydrogens is 210 g/mol. The molecule has 7 heteroatoms. The lowest BCUT2D eigenvalue weighted by atomic mass is 10.1. The van der Waals surface area contributed by atoms with Crippen LogP contribution in [0, 0.1) is 0 Å². The van der Waals surface area contributed by atoms with Crippen molar-refractivity contribution in [3.63, 3.8) is 0 Å². The zero-order valence-corrected chi connectivity index (χ0v) is 8.11. The van der Waals surface area contributed by atoms with E-state index in [4.69, 9.17) is 5.11 Å². The first-order chi connectivity index (χ1) is 7.75. The molecule has 1 amide bonds. The standard InChI is InChI=1S/C9H7N5O2/c15-9(16)13-2-1-7-6(4-13)3-10-8-11-5-12-14(7)8/h1-3,5H,4H2,(H,15,16). The van der Waals surface area contributed by atoms with E-state index < -0.39 is 6.09 Å². The molecule has 2 aromatic heterocycles. The van der Waals surface area contributed by atoms with Crippen molar-refractivity contribution in [2.75, 3.05) is 0 Å². The summed E-state index contributed by atoms with van der Waals surface area (Å²) in [5, 5.41) is 12.9. The van der Waals surface area contributed by atoms with Crippen LogP contribution in [-0.2, 0) is 6.54 Å². The molecule has 0 atom stereocenters. The predicted molar refractivity (Wildman–Crippen MR) is 53.4 cm³/mol. The van der Waals surface area contributed by atoms with Crippen LogP contribution in [0.25, 0.3) is 11.9 Å². The Hall–Kier alpha value is -2.44. The third kappa shape index (κ3) is 1.14. The SMILES string of the molecule is O=C(O)N1C=Cc2c(cnc3ncnn23)C1. The van der Waals surface area contributed by atoms with Gasteiger partial charge in [0.05, 0.1) is 12.2 Å². The van der Waals surface area contributed by atoms with Crippen molar-refractivity contribution >= 4 is 17.9 Å². The van der Waals surface area contributed by atoms with E-state index in [1.165, 1.54) is 17.4 Å². The summed E-state index contributed by atoms with van der Waals surface area (Å²) in [6.45, 7) is 0.282. The Morgan fingerprint density at radius 3 is 3.12 bits per heavy atom. The highest BCUT2D eigenvalue weighted by molar-refractivity contribution is 5.70. The van der Waals surface area contributed by atoms with Gasteiger partial charge in [-0.2, -0.15) is 14.6 Å². The summed E-state index contributed by atoms with van der Waals surface area (Å²) in [7, 11) is 0. The lowest BCUT2D eigenvalue weighted by molar-refractivity contribution is 0.160. The van der Waals surface area contributed by atoms with E-state index in [2.05, 4.69) is 15.1 Å². The third-order valence-corrected chi connectivity index (χ3v) is 2.42. The van der Waals surface area contributed by atoms with Crippen molar-refractivity contribution in [3.8, 4) is 0 Å². The molecular formula is C9H7N5O2. The van der Waals surface area contributed by atoms with E-state index in [0.717, 1.165) is 11.3 Å². The average Bonchev–Trinajstić information content (AvgIpc) is 2.76. The van der Waals surface area contributed by atoms with Crippen molar-refractivity contribution in [1.82, 2.24) is 24.5 Å². The molecule has 2 aromatic rings. The van der Waals surface area contributed by atoms with E-state index >= 15 is 0 Å². The van der Waals surface area contributed by atoms with Crippen LogP contribution in [-0.4, -0.2) is 35.7 Å². The monoisotopic (exact) mass is 217 g/mol. The molecule has 0 aliphatic carbocycles. The van der Waals surface area contributed by atoms with Gasteiger partial charge in [-0.1, -0.05) is 0 Å². The van der Waals surface area contributed by atoms with Gasteiger partial charge < -0.3 is 5.11 Å². The van der Waals surface area contributed by atoms with E-state index in [0.29, 0.717) is 5.78 Å². The van der Waals surface area contributed by atoms with Crippen molar-refractivity contribution in [3.05, 3.63) is 30.0 Å². The van der Waals surface area contributed by atoms with E-state index in [9.17, 15) is 4.79 Å². The summed E-state index contributed by atoms with van der Waals surface area (Å²) in [6, 6.07) is 0. The number of fused-ring (bicyclic) bond motifs is 3. The van der Waals surface area contributed by atoms with Crippen LogP contribution in [0.1, 0.15) is 11.3 Å². The van der Waals surface area contributed by atoms with Gasteiger partial charge in [0.2, 0.25) is 0 Å². The molecule has 1 N–H and O–H groups in total. The number of aromatic nitrogens is 4. The smallest absolute Gasteiger partial charge is 0.411 e. The molecule has 7 nitrogen and oxygen atoms in total. The first kappa shape index (κ1) is 8.84. The molecule has 16 heavy (non-hydrogen) atoms. The van der Waals surface area contributed by atoms with Crippen LogP contribution in [0.4, 0.5) is 4.79 Å². The second-order valence-electron chi connectivity index (χ2n) is 3.37. The summed E-state index contributed by atoms with van der Waals surface area (Å²) in [4.78, 5) is 20.0. The van der Waals surface area contributed by atoms with Crippen LogP contribution < -0.4 is 0 Å². The van der Waals surface area contributed by atoms with Crippen LogP contribution in [0.2, 0.25) is 0 Å². The quantitative estimate of drug-likeness (QED) is 0.698. The highest BCUT2D eigenvalue weighted by atomic mass is 16.4. The van der Waals surface area contributed by atoms with Crippen LogP contribution in [0.5, 0.6) is 0 Å². The first-order valence-corrected chi connectivity index (χ1v) is 4.61. The van der Waals surface area contributed by atoms with E-state index in [1.807, 2.05) is 0 Å². The van der Waals surface area contributed by atoms with Gasteiger partial charge in [0.15, 0.2) is 0 Å². The van der Waals surface area contributed by atoms with Gasteiger partial charge in [-0.15, -0.1) is 0 Å². The van der Waals surface area contributed by atoms with Gasteiger partial charge in [-0.05, 0) is 6.08 Å². The second-order valence-corrected chi connectivity index (χ2v) is 3.37. The molecule has 0 aromatic carbocycles. The molecule has 0 spiro atoms. The molecule has 80 valence electrons. The molecule has 3 heterocycles. The fourth-order valence-corrected chi connectivity index (χ4v) is 1.66. The van der Waals surface area contributed by atoms with Gasteiger partial charge in [-0.25, -0.2) is 9.78 Å². The lowest BCUT2D eigenvalue weighted by Crippen LogP contribution is -2.26. The second kappa shape index (κ2) is 3.02. The molecule has 0 saturated carbocycles. The molecule has 1 aliphatic rings. The number of carbonyl (C=O) groups is 1. The Bertz CT molecular complexity index is 603. The number of hydrogen-bond acceptors (Lipinski definition) is 4. The lowest BCUT2D eigenvalue weighted by Gasteiger charge is -2.20. The van der Waals surface area contributed by atoms with Crippen molar-refractivity contribution in [2.24, 2.45) is 0 Å². The zero-order valence-electron chi connectivity index (χ0n) is 8.11. The van der Waals surface area contributed by atoms with Crippen molar-refractivity contribution in [1.29, 1.82) is 0 Å². The zero-order chi connectivity index (χ0) is 11.1. The molecule has 1 aliphatic heterocycles. The number of nitrogens with zero attached hydrogens (tertiary/aromatic N) is 5. The number of amides is 1. The number of hydrogen-bond donors (Lipinski definition) is 1. The summed E-state index contributed by atoms with van der Waals surface area (Å²) in [5.41, 5.74) is 1.63. The Morgan fingerprint density at radius 2 is 2.31 bits per heavy atom. The number of carboxylic acid groups (broad SMARTS) is 1. The van der Waals surface area contributed by atoms with E-state index in [1.54, 1.807) is 16.8 Å². The minimum absolute atomic E-state index is 0.282. The molecule has 0 bridgehead atoms. The Kier molecular flexibility index (Phi) is 1.67. The van der Waals surface area contributed by atoms with Crippen molar-refractivity contribution in [2.45, 2.75) is 6.54 Å². The summed E-state index contributed by atoms with van der Waals surface area (Å²) in [5.74, 6) is 0.507. The van der Waals surface area contributed by atoms with Crippen molar-refractivity contribution < 1.29 is 9.90 Å². The molecule has 0 saturated heterocycles. The fraction of sp³-hybridized carbons (Fsp3) is 0.111. The maximum atomic E-state index is 10.8. The molecule has 3 rings (SSSR count). The molecule has 0 fully saturated rings. The predicted octanol–water partition coefficient (Wildman–Crippen LogP) is 0.589. The topological polar surface area (TPSA) is 83.6 Å². The Labute approximate surface area is 89.7 Å². The normalized spacial score (nSPS) is 14.1. The average molecular weight is 217 g/mol. The highest BCUT2D eigenvalue weighted by Gasteiger charge is 2.18. The minimum Gasteiger partial charge on any atom is -0.465 e. The fourth-order valence-electron chi connectivity index (χ4n) is 1.66.